The molecule has 10 rings (SSSR count). The maximum Gasteiger partial charge on any atom is 0.0165 e. The zero-order valence-corrected chi connectivity index (χ0v) is 28.8. The molecule has 0 aromatic heterocycles. The lowest BCUT2D eigenvalue weighted by Crippen LogP contribution is -2.16. The van der Waals surface area contributed by atoms with Crippen LogP contribution in [0.2, 0.25) is 0 Å². The van der Waals surface area contributed by atoms with E-state index in [2.05, 4.69) is 196 Å². The molecule has 0 saturated carbocycles. The van der Waals surface area contributed by atoms with E-state index in [4.69, 9.17) is 0 Å². The standard InChI is InChI=1S/C51H36/c1-51(2)45-32-37(30-31-43(45)48(34-17-5-3-6-18-34)50(51)36-19-7-4-8-20-36)47-39-23-11-13-25-41(39)49(42-26-14-12-24-40(42)47)44-27-15-21-35-29-28-33-16-9-10-22-38(33)46(35)44/h3-32H,1-2H3. The van der Waals surface area contributed by atoms with Crippen LogP contribution in [0.3, 0.4) is 0 Å². The van der Waals surface area contributed by atoms with Crippen molar-refractivity contribution in [3.63, 3.8) is 0 Å². The molecule has 0 heterocycles. The molecule has 0 aliphatic heterocycles. The van der Waals surface area contributed by atoms with Crippen molar-refractivity contribution in [1.82, 2.24) is 0 Å². The van der Waals surface area contributed by atoms with E-state index in [9.17, 15) is 0 Å². The van der Waals surface area contributed by atoms with Crippen LogP contribution in [0, 0.1) is 0 Å². The number of hydrogen-bond acceptors (Lipinski definition) is 0. The lowest BCUT2D eigenvalue weighted by Gasteiger charge is -2.26. The molecule has 0 amide bonds. The molecule has 0 fully saturated rings. The highest BCUT2D eigenvalue weighted by Crippen LogP contribution is 2.55. The summed E-state index contributed by atoms with van der Waals surface area (Å²) < 4.78 is 0. The molecule has 1 aliphatic carbocycles. The summed E-state index contributed by atoms with van der Waals surface area (Å²) in [5, 5.41) is 10.2. The molecule has 0 heteroatoms. The smallest absolute Gasteiger partial charge is 0.0165 e. The van der Waals surface area contributed by atoms with Gasteiger partial charge < -0.3 is 0 Å². The maximum atomic E-state index is 2.49. The highest BCUT2D eigenvalue weighted by atomic mass is 14.4. The molecule has 0 spiro atoms. The van der Waals surface area contributed by atoms with Gasteiger partial charge in [-0.05, 0) is 105 Å². The quantitative estimate of drug-likeness (QED) is 0.132. The average Bonchev–Trinajstić information content (AvgIpc) is 3.43. The van der Waals surface area contributed by atoms with Crippen molar-refractivity contribution in [3.8, 4) is 22.3 Å². The van der Waals surface area contributed by atoms with Gasteiger partial charge in [0.05, 0.1) is 0 Å². The van der Waals surface area contributed by atoms with Crippen molar-refractivity contribution < 1.29 is 0 Å². The van der Waals surface area contributed by atoms with Gasteiger partial charge in [-0.3, -0.25) is 0 Å². The summed E-state index contributed by atoms with van der Waals surface area (Å²) in [5.41, 5.74) is 12.9. The first kappa shape index (κ1) is 29.7. The molecule has 9 aromatic carbocycles. The van der Waals surface area contributed by atoms with Crippen LogP contribution in [0.1, 0.15) is 36.1 Å². The second-order valence-electron chi connectivity index (χ2n) is 14.4. The van der Waals surface area contributed by atoms with E-state index >= 15 is 0 Å². The van der Waals surface area contributed by atoms with E-state index in [1.54, 1.807) is 0 Å². The van der Waals surface area contributed by atoms with Gasteiger partial charge in [0, 0.05) is 5.41 Å². The summed E-state index contributed by atoms with van der Waals surface area (Å²) >= 11 is 0. The van der Waals surface area contributed by atoms with Gasteiger partial charge in [0.2, 0.25) is 0 Å². The van der Waals surface area contributed by atoms with E-state index in [1.165, 1.54) is 98.7 Å². The monoisotopic (exact) mass is 648 g/mol. The number of benzene rings is 9. The third kappa shape index (κ3) is 4.46. The highest BCUT2D eigenvalue weighted by Gasteiger charge is 2.39. The van der Waals surface area contributed by atoms with Gasteiger partial charge >= 0.3 is 0 Å². The average molecular weight is 649 g/mol. The van der Waals surface area contributed by atoms with Crippen LogP contribution >= 0.6 is 0 Å². The maximum absolute atomic E-state index is 2.49. The van der Waals surface area contributed by atoms with Crippen LogP contribution in [0.15, 0.2) is 182 Å². The van der Waals surface area contributed by atoms with E-state index in [-0.39, 0.29) is 5.41 Å². The zero-order chi connectivity index (χ0) is 34.1. The van der Waals surface area contributed by atoms with E-state index in [0.717, 1.165) is 0 Å². The lowest BCUT2D eigenvalue weighted by atomic mass is 9.77. The zero-order valence-electron chi connectivity index (χ0n) is 28.8. The van der Waals surface area contributed by atoms with Gasteiger partial charge in [-0.2, -0.15) is 0 Å². The van der Waals surface area contributed by atoms with Crippen molar-refractivity contribution in [2.45, 2.75) is 19.3 Å². The molecule has 0 bridgehead atoms. The fraction of sp³-hybridized carbons (Fsp3) is 0.0588. The van der Waals surface area contributed by atoms with Crippen LogP contribution in [-0.2, 0) is 5.41 Å². The summed E-state index contributed by atoms with van der Waals surface area (Å²) in [7, 11) is 0. The molecular formula is C51H36. The summed E-state index contributed by atoms with van der Waals surface area (Å²) in [6.07, 6.45) is 0. The Morgan fingerprint density at radius 2 is 0.882 bits per heavy atom. The molecule has 0 saturated heterocycles. The second-order valence-corrected chi connectivity index (χ2v) is 14.4. The first-order valence-corrected chi connectivity index (χ1v) is 17.9. The van der Waals surface area contributed by atoms with Gasteiger partial charge in [-0.25, -0.2) is 0 Å². The largest absolute Gasteiger partial charge is 0.0622 e. The van der Waals surface area contributed by atoms with E-state index < -0.39 is 0 Å². The molecule has 1 aliphatic rings. The van der Waals surface area contributed by atoms with Crippen molar-refractivity contribution in [2.24, 2.45) is 0 Å². The van der Waals surface area contributed by atoms with Crippen LogP contribution in [-0.4, -0.2) is 0 Å². The fourth-order valence-corrected chi connectivity index (χ4v) is 9.03. The van der Waals surface area contributed by atoms with Crippen LogP contribution in [0.25, 0.3) is 76.5 Å². The van der Waals surface area contributed by atoms with Crippen LogP contribution in [0.4, 0.5) is 0 Å². The fourth-order valence-electron chi connectivity index (χ4n) is 9.03. The molecular weight excluding hydrogens is 613 g/mol. The predicted molar refractivity (Wildman–Crippen MR) is 219 cm³/mol. The Bertz CT molecular complexity index is 2800. The lowest BCUT2D eigenvalue weighted by molar-refractivity contribution is 0.704. The number of hydrogen-bond donors (Lipinski definition) is 0. The van der Waals surface area contributed by atoms with Gasteiger partial charge in [0.15, 0.2) is 0 Å². The molecule has 0 N–H and O–H groups in total. The third-order valence-electron chi connectivity index (χ3n) is 11.2. The van der Waals surface area contributed by atoms with Gasteiger partial charge in [0.25, 0.3) is 0 Å². The Kier molecular flexibility index (Phi) is 6.63. The highest BCUT2D eigenvalue weighted by molar-refractivity contribution is 6.26. The van der Waals surface area contributed by atoms with Gasteiger partial charge in [0.1, 0.15) is 0 Å². The van der Waals surface area contributed by atoms with Crippen molar-refractivity contribution in [1.29, 1.82) is 0 Å². The number of fused-ring (bicyclic) bond motifs is 6. The van der Waals surface area contributed by atoms with Crippen LogP contribution < -0.4 is 0 Å². The third-order valence-corrected chi connectivity index (χ3v) is 11.2. The van der Waals surface area contributed by atoms with Gasteiger partial charge in [-0.15, -0.1) is 0 Å². The van der Waals surface area contributed by atoms with E-state index in [0.29, 0.717) is 0 Å². The topological polar surface area (TPSA) is 0 Å². The van der Waals surface area contributed by atoms with Crippen molar-refractivity contribution in [2.75, 3.05) is 0 Å². The van der Waals surface area contributed by atoms with Crippen molar-refractivity contribution in [3.05, 3.63) is 204 Å². The predicted octanol–water partition coefficient (Wildman–Crippen LogP) is 13.9. The Morgan fingerprint density at radius 3 is 1.55 bits per heavy atom. The first-order valence-electron chi connectivity index (χ1n) is 17.9. The second kappa shape index (κ2) is 11.4. The minimum Gasteiger partial charge on any atom is -0.0622 e. The SMILES string of the molecule is CC1(C)C(c2ccccc2)=C(c2ccccc2)c2ccc(-c3c4ccccc4c(-c4cccc5ccc6ccccc6c45)c4ccccc34)cc21. The molecule has 51 heavy (non-hydrogen) atoms. The Hall–Kier alpha value is -6.24. The Morgan fingerprint density at radius 1 is 0.353 bits per heavy atom. The van der Waals surface area contributed by atoms with Gasteiger partial charge in [-0.1, -0.05) is 190 Å². The first-order chi connectivity index (χ1) is 25.1. The summed E-state index contributed by atoms with van der Waals surface area (Å²) in [6.45, 7) is 4.80. The van der Waals surface area contributed by atoms with Crippen LogP contribution in [0.5, 0.6) is 0 Å². The summed E-state index contributed by atoms with van der Waals surface area (Å²) in [4.78, 5) is 0. The summed E-state index contributed by atoms with van der Waals surface area (Å²) in [6, 6.07) is 67.3. The minimum absolute atomic E-state index is 0.201. The summed E-state index contributed by atoms with van der Waals surface area (Å²) in [5.74, 6) is 0. The van der Waals surface area contributed by atoms with Crippen molar-refractivity contribution >= 4 is 54.2 Å². The molecule has 0 atom stereocenters. The Balaban J connectivity index is 1.26. The minimum atomic E-state index is -0.201. The number of rotatable bonds is 4. The molecule has 0 unspecified atom stereocenters. The molecule has 240 valence electrons. The van der Waals surface area contributed by atoms with E-state index in [1.807, 2.05) is 0 Å². The molecule has 9 aromatic rings. The Labute approximate surface area is 299 Å². The molecule has 0 radical (unpaired) electrons. The number of allylic oxidation sites excluding steroid dienone is 1. The molecule has 0 nitrogen and oxygen atoms in total. The normalized spacial score (nSPS) is 13.8.